The lowest BCUT2D eigenvalue weighted by Gasteiger charge is -2.07. The molecule has 0 aliphatic rings. The molecule has 0 saturated carbocycles. The molecule has 0 amide bonds. The predicted octanol–water partition coefficient (Wildman–Crippen LogP) is 0.577. The van der Waals surface area contributed by atoms with Crippen LogP contribution in [0.15, 0.2) is 0 Å². The Morgan fingerprint density at radius 2 is 1.43 bits per heavy atom. The molecule has 0 aromatic carbocycles. The summed E-state index contributed by atoms with van der Waals surface area (Å²) >= 11 is 0. The molecule has 0 aromatic heterocycles. The molecule has 3 radical (unpaired) electrons. The molecular formula is C5H13BN. The Morgan fingerprint density at radius 3 is 1.43 bits per heavy atom. The van der Waals surface area contributed by atoms with Gasteiger partial charge in [-0.25, -0.2) is 0 Å². The fourth-order valence-corrected chi connectivity index (χ4v) is 0.224. The van der Waals surface area contributed by atoms with E-state index in [9.17, 15) is 0 Å². The number of hydrogen-bond acceptors (Lipinski definition) is 1. The smallest absolute Gasteiger partial charge is 0 e. The molecule has 0 spiro atoms. The first-order chi connectivity index (χ1) is 2.81. The summed E-state index contributed by atoms with van der Waals surface area (Å²) in [6, 6.07) is 0. The van der Waals surface area contributed by atoms with E-state index in [4.69, 9.17) is 0 Å². The second kappa shape index (κ2) is 6.02. The molecule has 7 heavy (non-hydrogen) atoms. The average molecular weight is 98.0 g/mol. The highest BCUT2D eigenvalue weighted by atomic mass is 15.1. The van der Waals surface area contributed by atoms with Crippen molar-refractivity contribution >= 4 is 8.41 Å². The van der Waals surface area contributed by atoms with Crippen LogP contribution in [0.3, 0.4) is 0 Å². The summed E-state index contributed by atoms with van der Waals surface area (Å²) in [5.74, 6) is 0. The SMILES string of the molecule is CCN(C)CC.[B]. The van der Waals surface area contributed by atoms with Crippen molar-refractivity contribution in [3.05, 3.63) is 0 Å². The van der Waals surface area contributed by atoms with Crippen LogP contribution in [-0.2, 0) is 0 Å². The summed E-state index contributed by atoms with van der Waals surface area (Å²) in [4.78, 5) is 2.25. The van der Waals surface area contributed by atoms with Gasteiger partial charge in [-0.3, -0.25) is 0 Å². The summed E-state index contributed by atoms with van der Waals surface area (Å²) in [5, 5.41) is 0. The predicted molar refractivity (Wildman–Crippen MR) is 34.6 cm³/mol. The molecule has 2 heteroatoms. The van der Waals surface area contributed by atoms with Gasteiger partial charge in [0.25, 0.3) is 0 Å². The third-order valence-electron chi connectivity index (χ3n) is 1.08. The highest BCUT2D eigenvalue weighted by molar-refractivity contribution is 5.75. The van der Waals surface area contributed by atoms with E-state index in [1.165, 1.54) is 0 Å². The van der Waals surface area contributed by atoms with Crippen molar-refractivity contribution in [2.45, 2.75) is 13.8 Å². The molecule has 0 heterocycles. The first-order valence-corrected chi connectivity index (χ1v) is 2.49. The van der Waals surface area contributed by atoms with Gasteiger partial charge in [0.05, 0.1) is 0 Å². The lowest BCUT2D eigenvalue weighted by Crippen LogP contribution is -2.15. The van der Waals surface area contributed by atoms with Crippen LogP contribution in [0.5, 0.6) is 0 Å². The third kappa shape index (κ3) is 6.02. The average Bonchev–Trinajstić information content (AvgIpc) is 1.65. The van der Waals surface area contributed by atoms with Crippen LogP contribution in [0.1, 0.15) is 13.8 Å². The first kappa shape index (κ1) is 10.1. The second-order valence-electron chi connectivity index (χ2n) is 1.49. The standard InChI is InChI=1S/C5H13N.B/c1-4-6(3)5-2;/h4-5H2,1-3H3;. The van der Waals surface area contributed by atoms with E-state index in [1.54, 1.807) is 0 Å². The first-order valence-electron chi connectivity index (χ1n) is 2.49. The minimum atomic E-state index is 0. The van der Waals surface area contributed by atoms with Crippen molar-refractivity contribution in [2.75, 3.05) is 20.1 Å². The van der Waals surface area contributed by atoms with Crippen molar-refractivity contribution in [3.63, 3.8) is 0 Å². The van der Waals surface area contributed by atoms with Crippen LogP contribution < -0.4 is 0 Å². The molecule has 41 valence electrons. The van der Waals surface area contributed by atoms with Crippen LogP contribution in [-0.4, -0.2) is 33.5 Å². The minimum absolute atomic E-state index is 0. The Bertz CT molecular complexity index is 27.3. The minimum Gasteiger partial charge on any atom is -0.307 e. The number of hydrogen-bond donors (Lipinski definition) is 0. The molecule has 0 aromatic rings. The highest BCUT2D eigenvalue weighted by Gasteiger charge is 1.81. The van der Waals surface area contributed by atoms with E-state index in [0.717, 1.165) is 13.1 Å². The van der Waals surface area contributed by atoms with Gasteiger partial charge in [0.15, 0.2) is 0 Å². The molecule has 0 aliphatic heterocycles. The van der Waals surface area contributed by atoms with Gasteiger partial charge >= 0.3 is 0 Å². The Labute approximate surface area is 48.3 Å². The lowest BCUT2D eigenvalue weighted by molar-refractivity contribution is 0.373. The van der Waals surface area contributed by atoms with Gasteiger partial charge in [-0.2, -0.15) is 0 Å². The van der Waals surface area contributed by atoms with Crippen molar-refractivity contribution in [3.8, 4) is 0 Å². The van der Waals surface area contributed by atoms with Gasteiger partial charge in [0.2, 0.25) is 0 Å². The quantitative estimate of drug-likeness (QED) is 0.456. The second-order valence-corrected chi connectivity index (χ2v) is 1.49. The summed E-state index contributed by atoms with van der Waals surface area (Å²) in [6.07, 6.45) is 0. The van der Waals surface area contributed by atoms with Crippen LogP contribution in [0.25, 0.3) is 0 Å². The van der Waals surface area contributed by atoms with E-state index in [2.05, 4.69) is 25.8 Å². The van der Waals surface area contributed by atoms with Crippen molar-refractivity contribution in [1.82, 2.24) is 4.90 Å². The van der Waals surface area contributed by atoms with Crippen LogP contribution >= 0.6 is 0 Å². The van der Waals surface area contributed by atoms with E-state index in [0.29, 0.717) is 0 Å². The summed E-state index contributed by atoms with van der Waals surface area (Å²) in [6.45, 7) is 6.64. The maximum absolute atomic E-state index is 2.25. The molecule has 1 nitrogen and oxygen atoms in total. The van der Waals surface area contributed by atoms with E-state index in [-0.39, 0.29) is 8.41 Å². The maximum atomic E-state index is 2.25. The van der Waals surface area contributed by atoms with Gasteiger partial charge in [-0.05, 0) is 20.1 Å². The normalized spacial score (nSPS) is 8.57. The van der Waals surface area contributed by atoms with Crippen molar-refractivity contribution in [2.24, 2.45) is 0 Å². The molecule has 0 atom stereocenters. The van der Waals surface area contributed by atoms with Crippen LogP contribution in [0, 0.1) is 0 Å². The zero-order valence-electron chi connectivity index (χ0n) is 5.44. The largest absolute Gasteiger partial charge is 0.307 e. The lowest BCUT2D eigenvalue weighted by atomic mass is 10.6. The monoisotopic (exact) mass is 98.1 g/mol. The topological polar surface area (TPSA) is 3.24 Å². The van der Waals surface area contributed by atoms with Gasteiger partial charge < -0.3 is 4.90 Å². The van der Waals surface area contributed by atoms with Gasteiger partial charge in [-0.15, -0.1) is 0 Å². The molecular weight excluding hydrogens is 84.9 g/mol. The maximum Gasteiger partial charge on any atom is 0 e. The zero-order valence-corrected chi connectivity index (χ0v) is 5.44. The number of rotatable bonds is 2. The Hall–Kier alpha value is 0.0249. The Balaban J connectivity index is 0. The molecule has 0 N–H and O–H groups in total. The molecule has 0 saturated heterocycles. The van der Waals surface area contributed by atoms with Crippen molar-refractivity contribution in [1.29, 1.82) is 0 Å². The summed E-state index contributed by atoms with van der Waals surface area (Å²) in [5.41, 5.74) is 0. The fourth-order valence-electron chi connectivity index (χ4n) is 0.224. The van der Waals surface area contributed by atoms with E-state index in [1.807, 2.05) is 0 Å². The Kier molecular flexibility index (Phi) is 8.69. The molecule has 0 fully saturated rings. The highest BCUT2D eigenvalue weighted by Crippen LogP contribution is 1.73. The van der Waals surface area contributed by atoms with Gasteiger partial charge in [0.1, 0.15) is 0 Å². The van der Waals surface area contributed by atoms with Crippen LogP contribution in [0.2, 0.25) is 0 Å². The molecule has 0 unspecified atom stereocenters. The summed E-state index contributed by atoms with van der Waals surface area (Å²) < 4.78 is 0. The third-order valence-corrected chi connectivity index (χ3v) is 1.08. The fraction of sp³-hybridized carbons (Fsp3) is 1.00. The summed E-state index contributed by atoms with van der Waals surface area (Å²) in [7, 11) is 2.11. The van der Waals surface area contributed by atoms with Gasteiger partial charge in [-0.1, -0.05) is 13.8 Å². The Morgan fingerprint density at radius 1 is 1.14 bits per heavy atom. The van der Waals surface area contributed by atoms with Crippen LogP contribution in [0.4, 0.5) is 0 Å². The molecule has 0 bridgehead atoms. The molecule has 0 rings (SSSR count). The van der Waals surface area contributed by atoms with E-state index < -0.39 is 0 Å². The van der Waals surface area contributed by atoms with E-state index >= 15 is 0 Å². The zero-order chi connectivity index (χ0) is 4.99. The number of nitrogens with zero attached hydrogens (tertiary/aromatic N) is 1. The van der Waals surface area contributed by atoms with Gasteiger partial charge in [0, 0.05) is 8.41 Å². The molecule has 0 aliphatic carbocycles. The van der Waals surface area contributed by atoms with Crippen molar-refractivity contribution < 1.29 is 0 Å².